The van der Waals surface area contributed by atoms with E-state index in [0.717, 1.165) is 15.9 Å². The van der Waals surface area contributed by atoms with Gasteiger partial charge in [-0.05, 0) is 38.1 Å². The zero-order valence-corrected chi connectivity index (χ0v) is 11.9. The molecule has 1 aromatic carbocycles. The van der Waals surface area contributed by atoms with E-state index in [0.29, 0.717) is 0 Å². The molecule has 1 heterocycles. The van der Waals surface area contributed by atoms with Gasteiger partial charge in [0.05, 0.1) is 0 Å². The second-order valence-electron chi connectivity index (χ2n) is 3.98. The van der Waals surface area contributed by atoms with Crippen LogP contribution in [0.25, 0.3) is 0 Å². The number of hydrogen-bond acceptors (Lipinski definition) is 4. The molecule has 0 saturated heterocycles. The van der Waals surface area contributed by atoms with Crippen LogP contribution in [0.5, 0.6) is 11.8 Å². The van der Waals surface area contributed by atoms with Crippen LogP contribution in [0.4, 0.5) is 0 Å². The SMILES string of the molecule is Cc1cc(C)nc(Oc2cc(Br)ccc2C(=O)O)n1. The fourth-order valence-electron chi connectivity index (χ4n) is 1.59. The Morgan fingerprint density at radius 3 is 2.42 bits per heavy atom. The van der Waals surface area contributed by atoms with E-state index in [9.17, 15) is 4.79 Å². The summed E-state index contributed by atoms with van der Waals surface area (Å²) in [6.45, 7) is 3.64. The maximum atomic E-state index is 11.1. The van der Waals surface area contributed by atoms with Crippen LogP contribution in [0.2, 0.25) is 0 Å². The van der Waals surface area contributed by atoms with E-state index in [1.807, 2.05) is 19.9 Å². The van der Waals surface area contributed by atoms with E-state index in [4.69, 9.17) is 9.84 Å². The normalized spacial score (nSPS) is 10.3. The third-order valence-corrected chi connectivity index (χ3v) is 2.83. The van der Waals surface area contributed by atoms with Crippen molar-refractivity contribution in [3.8, 4) is 11.8 Å². The number of aromatic nitrogens is 2. The summed E-state index contributed by atoms with van der Waals surface area (Å²) in [5.74, 6) is -0.862. The molecule has 1 aromatic heterocycles. The van der Waals surface area contributed by atoms with E-state index in [2.05, 4.69) is 25.9 Å². The van der Waals surface area contributed by atoms with Crippen LogP contribution >= 0.6 is 15.9 Å². The lowest BCUT2D eigenvalue weighted by atomic mass is 10.2. The van der Waals surface area contributed by atoms with E-state index in [-0.39, 0.29) is 17.3 Å². The van der Waals surface area contributed by atoms with E-state index < -0.39 is 5.97 Å². The van der Waals surface area contributed by atoms with Crippen LogP contribution in [-0.2, 0) is 0 Å². The van der Waals surface area contributed by atoms with Crippen molar-refractivity contribution in [2.75, 3.05) is 0 Å². The number of benzene rings is 1. The molecular weight excluding hydrogens is 312 g/mol. The molecule has 0 spiro atoms. The first-order chi connectivity index (χ1) is 8.95. The first kappa shape index (κ1) is 13.5. The van der Waals surface area contributed by atoms with E-state index in [1.165, 1.54) is 6.07 Å². The lowest BCUT2D eigenvalue weighted by molar-refractivity contribution is 0.0694. The van der Waals surface area contributed by atoms with Crippen molar-refractivity contribution in [1.82, 2.24) is 9.97 Å². The van der Waals surface area contributed by atoms with Gasteiger partial charge in [-0.1, -0.05) is 15.9 Å². The van der Waals surface area contributed by atoms with Crippen molar-refractivity contribution in [3.63, 3.8) is 0 Å². The van der Waals surface area contributed by atoms with Gasteiger partial charge in [0.15, 0.2) is 0 Å². The standard InChI is InChI=1S/C13H11BrN2O3/c1-7-5-8(2)16-13(15-7)19-11-6-9(14)3-4-10(11)12(17)18/h3-6H,1-2H3,(H,17,18). The molecule has 0 aliphatic carbocycles. The topological polar surface area (TPSA) is 72.3 Å². The smallest absolute Gasteiger partial charge is 0.339 e. The summed E-state index contributed by atoms with van der Waals surface area (Å²) in [5.41, 5.74) is 1.58. The highest BCUT2D eigenvalue weighted by Gasteiger charge is 2.14. The first-order valence-electron chi connectivity index (χ1n) is 5.48. The minimum absolute atomic E-state index is 0.0611. The number of carbonyl (C=O) groups is 1. The number of aryl methyl sites for hydroxylation is 2. The third kappa shape index (κ3) is 3.29. The Morgan fingerprint density at radius 1 is 1.21 bits per heavy atom. The van der Waals surface area contributed by atoms with Crippen LogP contribution < -0.4 is 4.74 Å². The number of carboxylic acids is 1. The average molecular weight is 323 g/mol. The Hall–Kier alpha value is -1.95. The Balaban J connectivity index is 2.42. The van der Waals surface area contributed by atoms with Crippen LogP contribution in [0.15, 0.2) is 28.7 Å². The van der Waals surface area contributed by atoms with Crippen molar-refractivity contribution in [1.29, 1.82) is 0 Å². The molecule has 0 amide bonds. The highest BCUT2D eigenvalue weighted by atomic mass is 79.9. The Kier molecular flexibility index (Phi) is 3.80. The van der Waals surface area contributed by atoms with Gasteiger partial charge in [0.1, 0.15) is 11.3 Å². The zero-order chi connectivity index (χ0) is 14.0. The van der Waals surface area contributed by atoms with Crippen LogP contribution in [0.3, 0.4) is 0 Å². The van der Waals surface area contributed by atoms with Gasteiger partial charge in [-0.15, -0.1) is 0 Å². The maximum Gasteiger partial charge on any atom is 0.339 e. The second-order valence-corrected chi connectivity index (χ2v) is 4.90. The number of ether oxygens (including phenoxy) is 1. The molecule has 19 heavy (non-hydrogen) atoms. The fraction of sp³-hybridized carbons (Fsp3) is 0.154. The summed E-state index contributed by atoms with van der Waals surface area (Å²) in [5, 5.41) is 9.11. The molecule has 2 aromatic rings. The molecule has 0 radical (unpaired) electrons. The van der Waals surface area contributed by atoms with Crippen molar-refractivity contribution < 1.29 is 14.6 Å². The van der Waals surface area contributed by atoms with Gasteiger partial charge in [-0.25, -0.2) is 14.8 Å². The predicted octanol–water partition coefficient (Wildman–Crippen LogP) is 3.35. The summed E-state index contributed by atoms with van der Waals surface area (Å²) < 4.78 is 6.20. The van der Waals surface area contributed by atoms with Gasteiger partial charge >= 0.3 is 12.0 Å². The summed E-state index contributed by atoms with van der Waals surface area (Å²) >= 11 is 3.27. The van der Waals surface area contributed by atoms with Gasteiger partial charge in [0, 0.05) is 15.9 Å². The highest BCUT2D eigenvalue weighted by molar-refractivity contribution is 9.10. The van der Waals surface area contributed by atoms with Crippen molar-refractivity contribution in [2.45, 2.75) is 13.8 Å². The number of aromatic carboxylic acids is 1. The zero-order valence-electron chi connectivity index (χ0n) is 10.3. The first-order valence-corrected chi connectivity index (χ1v) is 6.28. The van der Waals surface area contributed by atoms with Gasteiger partial charge < -0.3 is 9.84 Å². The minimum atomic E-state index is -1.06. The lowest BCUT2D eigenvalue weighted by Gasteiger charge is -2.08. The molecule has 0 saturated carbocycles. The second kappa shape index (κ2) is 5.36. The molecule has 0 bridgehead atoms. The van der Waals surface area contributed by atoms with Crippen molar-refractivity contribution >= 4 is 21.9 Å². The number of halogens is 1. The third-order valence-electron chi connectivity index (χ3n) is 2.34. The number of hydrogen-bond donors (Lipinski definition) is 1. The molecule has 1 N–H and O–H groups in total. The van der Waals surface area contributed by atoms with Gasteiger partial charge in [-0.3, -0.25) is 0 Å². The number of nitrogens with zero attached hydrogens (tertiary/aromatic N) is 2. The summed E-state index contributed by atoms with van der Waals surface area (Å²) in [7, 11) is 0. The summed E-state index contributed by atoms with van der Waals surface area (Å²) in [6.07, 6.45) is 0. The summed E-state index contributed by atoms with van der Waals surface area (Å²) in [6, 6.07) is 6.62. The molecule has 6 heteroatoms. The number of carboxylic acid groups (broad SMARTS) is 1. The molecular formula is C13H11BrN2O3. The average Bonchev–Trinajstić information content (AvgIpc) is 2.26. The lowest BCUT2D eigenvalue weighted by Crippen LogP contribution is -2.02. The molecule has 5 nitrogen and oxygen atoms in total. The van der Waals surface area contributed by atoms with Gasteiger partial charge in [-0.2, -0.15) is 0 Å². The monoisotopic (exact) mass is 322 g/mol. The maximum absolute atomic E-state index is 11.1. The Morgan fingerprint density at radius 2 is 1.84 bits per heavy atom. The van der Waals surface area contributed by atoms with Crippen molar-refractivity contribution in [2.24, 2.45) is 0 Å². The number of rotatable bonds is 3. The molecule has 0 atom stereocenters. The minimum Gasteiger partial charge on any atom is -0.478 e. The van der Waals surface area contributed by atoms with Gasteiger partial charge in [0.25, 0.3) is 0 Å². The molecule has 2 rings (SSSR count). The largest absolute Gasteiger partial charge is 0.478 e. The highest BCUT2D eigenvalue weighted by Crippen LogP contribution is 2.27. The van der Waals surface area contributed by atoms with E-state index in [1.54, 1.807) is 12.1 Å². The Labute approximate surface area is 118 Å². The van der Waals surface area contributed by atoms with E-state index >= 15 is 0 Å². The molecule has 0 aliphatic heterocycles. The quantitative estimate of drug-likeness (QED) is 0.938. The molecule has 98 valence electrons. The summed E-state index contributed by atoms with van der Waals surface area (Å²) in [4.78, 5) is 19.4. The fourth-order valence-corrected chi connectivity index (χ4v) is 1.93. The molecule has 0 fully saturated rings. The molecule has 0 unspecified atom stereocenters. The van der Waals surface area contributed by atoms with Crippen LogP contribution in [0, 0.1) is 13.8 Å². The van der Waals surface area contributed by atoms with Crippen LogP contribution in [0.1, 0.15) is 21.7 Å². The molecule has 0 aliphatic rings. The van der Waals surface area contributed by atoms with Gasteiger partial charge in [0.2, 0.25) is 0 Å². The predicted molar refractivity (Wildman–Crippen MR) is 72.7 cm³/mol. The Bertz CT molecular complexity index is 624. The van der Waals surface area contributed by atoms with Crippen molar-refractivity contribution in [3.05, 3.63) is 45.7 Å². The van der Waals surface area contributed by atoms with Crippen LogP contribution in [-0.4, -0.2) is 21.0 Å².